The molecule has 3 rings (SSSR count). The Morgan fingerprint density at radius 3 is 2.84 bits per heavy atom. The van der Waals surface area contributed by atoms with Crippen LogP contribution in [0.5, 0.6) is 0 Å². The van der Waals surface area contributed by atoms with Crippen LogP contribution in [0, 0.1) is 5.41 Å². The number of carbonyl (C=O) groups is 1. The zero-order valence-corrected chi connectivity index (χ0v) is 11.7. The molecule has 3 heterocycles. The molecule has 0 atom stereocenters. The first kappa shape index (κ1) is 14.3. The van der Waals surface area contributed by atoms with Crippen LogP contribution in [0.3, 0.4) is 0 Å². The van der Waals surface area contributed by atoms with Crippen LogP contribution < -0.4 is 5.32 Å². The maximum atomic E-state index is 12.0. The molecule has 1 aromatic rings. The second-order valence-corrected chi connectivity index (χ2v) is 5.48. The highest BCUT2D eigenvalue weighted by Crippen LogP contribution is 2.38. The van der Waals surface area contributed by atoms with Crippen molar-refractivity contribution in [3.63, 3.8) is 0 Å². The molecule has 2 saturated heterocycles. The van der Waals surface area contributed by atoms with Crippen LogP contribution in [0.4, 0.5) is 0 Å². The van der Waals surface area contributed by atoms with Crippen molar-refractivity contribution in [1.82, 2.24) is 15.4 Å². The van der Waals surface area contributed by atoms with Gasteiger partial charge in [0.1, 0.15) is 0 Å². The molecule has 0 unspecified atom stereocenters. The normalized spacial score (nSPS) is 22.3. The zero-order chi connectivity index (χ0) is 12.4. The highest BCUT2D eigenvalue weighted by molar-refractivity contribution is 5.85. The number of aromatic nitrogens is 1. The van der Waals surface area contributed by atoms with Crippen molar-refractivity contribution < 1.29 is 9.32 Å². The van der Waals surface area contributed by atoms with Crippen molar-refractivity contribution in [1.29, 1.82) is 0 Å². The Bertz CT molecular complexity index is 416. The molecule has 5 nitrogen and oxygen atoms in total. The maximum absolute atomic E-state index is 12.0. The summed E-state index contributed by atoms with van der Waals surface area (Å²) in [5.41, 5.74) is 0.333. The van der Waals surface area contributed by atoms with Gasteiger partial charge in [0.25, 0.3) is 0 Å². The second kappa shape index (κ2) is 5.92. The molecule has 6 heteroatoms. The van der Waals surface area contributed by atoms with Gasteiger partial charge in [-0.1, -0.05) is 5.16 Å². The lowest BCUT2D eigenvalue weighted by Crippen LogP contribution is -2.50. The predicted octanol–water partition coefficient (Wildman–Crippen LogP) is 1.59. The van der Waals surface area contributed by atoms with Gasteiger partial charge < -0.3 is 14.7 Å². The Morgan fingerprint density at radius 1 is 1.37 bits per heavy atom. The number of likely N-dealkylation sites (tertiary alicyclic amines) is 1. The third-order valence-electron chi connectivity index (χ3n) is 4.25. The van der Waals surface area contributed by atoms with E-state index in [1.807, 2.05) is 11.0 Å². The number of amides is 1. The van der Waals surface area contributed by atoms with Crippen LogP contribution in [0.25, 0.3) is 0 Å². The third-order valence-corrected chi connectivity index (χ3v) is 4.25. The predicted molar refractivity (Wildman–Crippen MR) is 72.9 cm³/mol. The quantitative estimate of drug-likeness (QED) is 0.896. The topological polar surface area (TPSA) is 58.4 Å². The molecule has 0 bridgehead atoms. The zero-order valence-electron chi connectivity index (χ0n) is 10.9. The van der Waals surface area contributed by atoms with Gasteiger partial charge >= 0.3 is 0 Å². The minimum absolute atomic E-state index is 0. The van der Waals surface area contributed by atoms with Gasteiger partial charge in [-0.15, -0.1) is 12.4 Å². The van der Waals surface area contributed by atoms with Crippen LogP contribution >= 0.6 is 12.4 Å². The third kappa shape index (κ3) is 3.09. The van der Waals surface area contributed by atoms with Crippen molar-refractivity contribution >= 4 is 18.3 Å². The summed E-state index contributed by atoms with van der Waals surface area (Å²) >= 11 is 0. The summed E-state index contributed by atoms with van der Waals surface area (Å²) in [6, 6.07) is 1.83. The second-order valence-electron chi connectivity index (χ2n) is 5.48. The van der Waals surface area contributed by atoms with Gasteiger partial charge in [-0.3, -0.25) is 4.79 Å². The Labute approximate surface area is 119 Å². The van der Waals surface area contributed by atoms with Crippen molar-refractivity contribution in [2.75, 3.05) is 19.6 Å². The van der Waals surface area contributed by atoms with E-state index >= 15 is 0 Å². The summed E-state index contributed by atoms with van der Waals surface area (Å²) in [4.78, 5) is 13.9. The summed E-state index contributed by atoms with van der Waals surface area (Å²) < 4.78 is 5.10. The summed E-state index contributed by atoms with van der Waals surface area (Å²) in [7, 11) is 0. The van der Waals surface area contributed by atoms with E-state index < -0.39 is 0 Å². The van der Waals surface area contributed by atoms with Crippen molar-refractivity contribution in [3.05, 3.63) is 18.0 Å². The minimum atomic E-state index is 0. The van der Waals surface area contributed by atoms with E-state index in [0.717, 1.165) is 31.8 Å². The first-order valence-electron chi connectivity index (χ1n) is 6.66. The molecular formula is C13H20ClN3O2. The molecule has 2 aliphatic rings. The maximum Gasteiger partial charge on any atom is 0.223 e. The van der Waals surface area contributed by atoms with Gasteiger partial charge in [-0.2, -0.15) is 0 Å². The molecule has 19 heavy (non-hydrogen) atoms. The van der Waals surface area contributed by atoms with E-state index in [1.54, 1.807) is 6.20 Å². The fourth-order valence-corrected chi connectivity index (χ4v) is 3.12. The number of halogens is 1. The fraction of sp³-hybridized carbons (Fsp3) is 0.692. The van der Waals surface area contributed by atoms with Crippen molar-refractivity contribution in [2.24, 2.45) is 5.41 Å². The number of hydrogen-bond donors (Lipinski definition) is 1. The van der Waals surface area contributed by atoms with Gasteiger partial charge in [0.2, 0.25) is 5.91 Å². The molecule has 1 amide bonds. The smallest absolute Gasteiger partial charge is 0.223 e. The molecule has 1 aromatic heterocycles. The number of rotatable bonds is 2. The Morgan fingerprint density at radius 2 is 2.16 bits per heavy atom. The van der Waals surface area contributed by atoms with Crippen LogP contribution in [-0.4, -0.2) is 35.6 Å². The van der Waals surface area contributed by atoms with Crippen molar-refractivity contribution in [3.8, 4) is 0 Å². The van der Waals surface area contributed by atoms with E-state index in [-0.39, 0.29) is 18.3 Å². The SMILES string of the molecule is Cl.O=C1CCC2(CCNCC2)CN1Cc1ccno1. The van der Waals surface area contributed by atoms with E-state index in [4.69, 9.17) is 4.52 Å². The number of carbonyl (C=O) groups excluding carboxylic acids is 1. The fourth-order valence-electron chi connectivity index (χ4n) is 3.12. The monoisotopic (exact) mass is 285 g/mol. The lowest BCUT2D eigenvalue weighted by Gasteiger charge is -2.44. The highest BCUT2D eigenvalue weighted by atomic mass is 35.5. The molecule has 1 N–H and O–H groups in total. The Hall–Kier alpha value is -1.07. The van der Waals surface area contributed by atoms with Gasteiger partial charge in [-0.05, 0) is 37.8 Å². The molecule has 0 saturated carbocycles. The van der Waals surface area contributed by atoms with E-state index in [1.165, 1.54) is 12.8 Å². The molecule has 1 spiro atoms. The Balaban J connectivity index is 0.00000133. The first-order valence-corrected chi connectivity index (χ1v) is 6.66. The number of hydrogen-bond acceptors (Lipinski definition) is 4. The molecule has 0 aliphatic carbocycles. The molecule has 0 radical (unpaired) electrons. The lowest BCUT2D eigenvalue weighted by molar-refractivity contribution is -0.139. The summed E-state index contributed by atoms with van der Waals surface area (Å²) in [6.45, 7) is 3.58. The van der Waals surface area contributed by atoms with E-state index in [9.17, 15) is 4.79 Å². The highest BCUT2D eigenvalue weighted by Gasteiger charge is 2.39. The van der Waals surface area contributed by atoms with Crippen molar-refractivity contribution in [2.45, 2.75) is 32.2 Å². The van der Waals surface area contributed by atoms with Crippen LogP contribution in [0.2, 0.25) is 0 Å². The van der Waals surface area contributed by atoms with Gasteiger partial charge in [0.05, 0.1) is 12.7 Å². The van der Waals surface area contributed by atoms with Crippen LogP contribution in [0.15, 0.2) is 16.8 Å². The molecule has 2 fully saturated rings. The van der Waals surface area contributed by atoms with Crippen LogP contribution in [-0.2, 0) is 11.3 Å². The number of nitrogens with zero attached hydrogens (tertiary/aromatic N) is 2. The molecule has 0 aromatic carbocycles. The van der Waals surface area contributed by atoms with E-state index in [0.29, 0.717) is 18.4 Å². The summed E-state index contributed by atoms with van der Waals surface area (Å²) in [6.07, 6.45) is 5.69. The lowest BCUT2D eigenvalue weighted by atomic mass is 9.73. The first-order chi connectivity index (χ1) is 8.77. The number of nitrogens with one attached hydrogen (secondary N) is 1. The average molecular weight is 286 g/mol. The van der Waals surface area contributed by atoms with Gasteiger partial charge in [-0.25, -0.2) is 0 Å². The minimum Gasteiger partial charge on any atom is -0.360 e. The largest absolute Gasteiger partial charge is 0.360 e. The molecule has 2 aliphatic heterocycles. The summed E-state index contributed by atoms with van der Waals surface area (Å²) in [5.74, 6) is 1.02. The summed E-state index contributed by atoms with van der Waals surface area (Å²) in [5, 5.41) is 7.09. The molecular weight excluding hydrogens is 266 g/mol. The molecule has 106 valence electrons. The van der Waals surface area contributed by atoms with E-state index in [2.05, 4.69) is 10.5 Å². The number of piperidine rings is 2. The van der Waals surface area contributed by atoms with Gasteiger partial charge in [0, 0.05) is 19.0 Å². The van der Waals surface area contributed by atoms with Gasteiger partial charge in [0.15, 0.2) is 5.76 Å². The standard InChI is InChI=1S/C13H19N3O2.ClH/c17-12-1-3-13(4-7-14-8-5-13)10-16(12)9-11-2-6-15-18-11;/h2,6,14H,1,3-5,7-10H2;1H. The Kier molecular flexibility index (Phi) is 4.47. The van der Waals surface area contributed by atoms with Crippen LogP contribution in [0.1, 0.15) is 31.4 Å². The average Bonchev–Trinajstić information content (AvgIpc) is 2.88.